The third kappa shape index (κ3) is 4.59. The van der Waals surface area contributed by atoms with Crippen LogP contribution >= 0.6 is 0 Å². The maximum absolute atomic E-state index is 6.09. The predicted octanol–water partition coefficient (Wildman–Crippen LogP) is 4.48. The summed E-state index contributed by atoms with van der Waals surface area (Å²) in [6.45, 7) is 5.80. The van der Waals surface area contributed by atoms with Crippen LogP contribution in [0, 0.1) is 0 Å². The van der Waals surface area contributed by atoms with Gasteiger partial charge in [-0.25, -0.2) is 0 Å². The van der Waals surface area contributed by atoms with Crippen LogP contribution in [0.3, 0.4) is 0 Å². The molecule has 1 saturated heterocycles. The molecule has 0 aromatic heterocycles. The minimum absolute atomic E-state index is 0.257. The lowest BCUT2D eigenvalue weighted by Crippen LogP contribution is -2.39. The van der Waals surface area contributed by atoms with Crippen LogP contribution in [0.5, 0.6) is 5.75 Å². The van der Waals surface area contributed by atoms with Gasteiger partial charge in [-0.3, -0.25) is 0 Å². The van der Waals surface area contributed by atoms with Crippen molar-refractivity contribution in [3.8, 4) is 5.75 Å². The second-order valence-electron chi connectivity index (χ2n) is 6.60. The predicted molar refractivity (Wildman–Crippen MR) is 97.2 cm³/mol. The molecule has 1 fully saturated rings. The number of ether oxygens (including phenoxy) is 2. The number of para-hydroxylation sites is 1. The lowest BCUT2D eigenvalue weighted by Gasteiger charge is -2.31. The number of benzene rings is 2. The number of hydrogen-bond acceptors (Lipinski definition) is 3. The van der Waals surface area contributed by atoms with Gasteiger partial charge in [-0.1, -0.05) is 48.5 Å². The first kappa shape index (κ1) is 17.0. The smallest absolute Gasteiger partial charge is 0.124 e. The molecular formula is C21H27NO2. The average Bonchev–Trinajstić information content (AvgIpc) is 2.61. The zero-order valence-electron chi connectivity index (χ0n) is 14.6. The fourth-order valence-corrected chi connectivity index (χ4v) is 3.30. The summed E-state index contributed by atoms with van der Waals surface area (Å²) in [4.78, 5) is 0. The van der Waals surface area contributed by atoms with Crippen molar-refractivity contribution in [2.75, 3.05) is 6.61 Å². The average molecular weight is 325 g/mol. The standard InChI is InChI=1S/C21H27NO2/c1-16-14-19(12-13-23-16)22-17(2)20-10-6-7-11-21(20)24-15-18-8-4-3-5-9-18/h3-11,16-17,19,22H,12-15H2,1-2H3/t16-,17+,19-/m1/s1. The lowest BCUT2D eigenvalue weighted by molar-refractivity contribution is 0.0115. The van der Waals surface area contributed by atoms with Crippen LogP contribution in [0.2, 0.25) is 0 Å². The van der Waals surface area contributed by atoms with Gasteiger partial charge in [0.1, 0.15) is 12.4 Å². The van der Waals surface area contributed by atoms with Crippen molar-refractivity contribution in [1.82, 2.24) is 5.32 Å². The maximum Gasteiger partial charge on any atom is 0.124 e. The third-order valence-corrected chi connectivity index (χ3v) is 4.59. The summed E-state index contributed by atoms with van der Waals surface area (Å²) in [5.74, 6) is 0.960. The molecule has 0 amide bonds. The Labute approximate surface area is 145 Å². The molecule has 3 nitrogen and oxygen atoms in total. The number of nitrogens with one attached hydrogen (secondary N) is 1. The van der Waals surface area contributed by atoms with Crippen molar-refractivity contribution >= 4 is 0 Å². The van der Waals surface area contributed by atoms with E-state index < -0.39 is 0 Å². The van der Waals surface area contributed by atoms with Gasteiger partial charge in [0, 0.05) is 24.3 Å². The molecule has 1 aliphatic heterocycles. The molecule has 0 aliphatic carbocycles. The largest absolute Gasteiger partial charge is 0.489 e. The van der Waals surface area contributed by atoms with Gasteiger partial charge in [0.15, 0.2) is 0 Å². The van der Waals surface area contributed by atoms with E-state index in [1.54, 1.807) is 0 Å². The summed E-state index contributed by atoms with van der Waals surface area (Å²) < 4.78 is 11.7. The van der Waals surface area contributed by atoms with Crippen LogP contribution in [0.1, 0.15) is 43.9 Å². The Kier molecular flexibility index (Phi) is 5.89. The third-order valence-electron chi connectivity index (χ3n) is 4.59. The monoisotopic (exact) mass is 325 g/mol. The molecule has 0 radical (unpaired) electrons. The van der Waals surface area contributed by atoms with Gasteiger partial charge >= 0.3 is 0 Å². The molecule has 128 valence electrons. The van der Waals surface area contributed by atoms with Crippen LogP contribution in [-0.2, 0) is 11.3 Å². The normalized spacial score (nSPS) is 22.1. The molecule has 0 spiro atoms. The first-order valence-corrected chi connectivity index (χ1v) is 8.85. The lowest BCUT2D eigenvalue weighted by atomic mass is 10.0. The Hall–Kier alpha value is -1.84. The summed E-state index contributed by atoms with van der Waals surface area (Å²) in [6, 6.07) is 19.4. The highest BCUT2D eigenvalue weighted by Gasteiger charge is 2.22. The van der Waals surface area contributed by atoms with E-state index in [4.69, 9.17) is 9.47 Å². The van der Waals surface area contributed by atoms with Crippen LogP contribution in [0.25, 0.3) is 0 Å². The highest BCUT2D eigenvalue weighted by Crippen LogP contribution is 2.27. The van der Waals surface area contributed by atoms with Crippen molar-refractivity contribution in [2.45, 2.75) is 51.5 Å². The van der Waals surface area contributed by atoms with E-state index in [9.17, 15) is 0 Å². The fourth-order valence-electron chi connectivity index (χ4n) is 3.30. The highest BCUT2D eigenvalue weighted by atomic mass is 16.5. The molecule has 1 heterocycles. The van der Waals surface area contributed by atoms with Crippen LogP contribution in [0.4, 0.5) is 0 Å². The summed E-state index contributed by atoms with van der Waals surface area (Å²) >= 11 is 0. The molecular weight excluding hydrogens is 298 g/mol. The van der Waals surface area contributed by atoms with Gasteiger partial charge in [0.05, 0.1) is 6.10 Å². The number of hydrogen-bond donors (Lipinski definition) is 1. The van der Waals surface area contributed by atoms with Crippen molar-refractivity contribution in [2.24, 2.45) is 0 Å². The van der Waals surface area contributed by atoms with Crippen molar-refractivity contribution in [1.29, 1.82) is 0 Å². The quantitative estimate of drug-likeness (QED) is 0.849. The first-order valence-electron chi connectivity index (χ1n) is 8.85. The Morgan fingerprint density at radius 2 is 1.88 bits per heavy atom. The molecule has 2 aromatic carbocycles. The zero-order chi connectivity index (χ0) is 16.8. The van der Waals surface area contributed by atoms with E-state index in [1.165, 1.54) is 11.1 Å². The fraction of sp³-hybridized carbons (Fsp3) is 0.429. The molecule has 1 aliphatic rings. The molecule has 3 rings (SSSR count). The van der Waals surface area contributed by atoms with E-state index in [1.807, 2.05) is 24.3 Å². The molecule has 0 saturated carbocycles. The zero-order valence-corrected chi connectivity index (χ0v) is 14.6. The Morgan fingerprint density at radius 3 is 2.67 bits per heavy atom. The van der Waals surface area contributed by atoms with Gasteiger partial charge in [-0.15, -0.1) is 0 Å². The summed E-state index contributed by atoms with van der Waals surface area (Å²) in [5.41, 5.74) is 2.40. The van der Waals surface area contributed by atoms with Crippen molar-refractivity contribution in [3.05, 3.63) is 65.7 Å². The second kappa shape index (κ2) is 8.32. The van der Waals surface area contributed by atoms with Crippen LogP contribution < -0.4 is 10.1 Å². The van der Waals surface area contributed by atoms with E-state index >= 15 is 0 Å². The van der Waals surface area contributed by atoms with E-state index in [2.05, 4.69) is 49.5 Å². The van der Waals surface area contributed by atoms with Crippen molar-refractivity contribution < 1.29 is 9.47 Å². The summed E-state index contributed by atoms with van der Waals surface area (Å²) in [7, 11) is 0. The summed E-state index contributed by atoms with van der Waals surface area (Å²) in [5, 5.41) is 3.74. The highest BCUT2D eigenvalue weighted by molar-refractivity contribution is 5.36. The minimum atomic E-state index is 0.257. The molecule has 1 N–H and O–H groups in total. The SMILES string of the molecule is C[C@@H]1C[C@H](N[C@@H](C)c2ccccc2OCc2ccccc2)CCO1. The van der Waals surface area contributed by atoms with E-state index in [0.717, 1.165) is 25.2 Å². The molecule has 0 unspecified atom stereocenters. The maximum atomic E-state index is 6.09. The van der Waals surface area contributed by atoms with E-state index in [0.29, 0.717) is 18.8 Å². The van der Waals surface area contributed by atoms with Gasteiger partial charge in [-0.2, -0.15) is 0 Å². The van der Waals surface area contributed by atoms with Gasteiger partial charge in [0.25, 0.3) is 0 Å². The molecule has 3 heteroatoms. The molecule has 24 heavy (non-hydrogen) atoms. The van der Waals surface area contributed by atoms with Gasteiger partial charge in [0.2, 0.25) is 0 Å². The minimum Gasteiger partial charge on any atom is -0.489 e. The molecule has 2 aromatic rings. The Morgan fingerprint density at radius 1 is 1.12 bits per heavy atom. The van der Waals surface area contributed by atoms with Gasteiger partial charge < -0.3 is 14.8 Å². The summed E-state index contributed by atoms with van der Waals surface area (Å²) in [6.07, 6.45) is 2.48. The Bertz CT molecular complexity index is 629. The van der Waals surface area contributed by atoms with Gasteiger partial charge in [-0.05, 0) is 38.3 Å². The molecule has 0 bridgehead atoms. The Balaban J connectivity index is 1.64. The van der Waals surface area contributed by atoms with Crippen molar-refractivity contribution in [3.63, 3.8) is 0 Å². The molecule has 3 atom stereocenters. The van der Waals surface area contributed by atoms with Crippen LogP contribution in [-0.4, -0.2) is 18.8 Å². The van der Waals surface area contributed by atoms with Crippen LogP contribution in [0.15, 0.2) is 54.6 Å². The van der Waals surface area contributed by atoms with E-state index in [-0.39, 0.29) is 6.04 Å². The topological polar surface area (TPSA) is 30.5 Å². The second-order valence-corrected chi connectivity index (χ2v) is 6.60. The number of rotatable bonds is 6. The first-order chi connectivity index (χ1) is 11.7.